The molecule has 0 spiro atoms. The third-order valence-electron chi connectivity index (χ3n) is 6.10. The zero-order chi connectivity index (χ0) is 21.8. The largest absolute Gasteiger partial charge is 0.379 e. The average molecular weight is 445 g/mol. The van der Waals surface area contributed by atoms with Crippen molar-refractivity contribution in [2.75, 3.05) is 52.5 Å². The lowest BCUT2D eigenvalue weighted by Crippen LogP contribution is -3.13. The number of carbonyl (C=O) groups excluding carboxylic acids is 1. The number of morpholine rings is 1. The summed E-state index contributed by atoms with van der Waals surface area (Å²) in [7, 11) is -3.63. The van der Waals surface area contributed by atoms with E-state index in [-0.39, 0.29) is 10.8 Å². The number of hydrogen-bond donors (Lipinski definition) is 1. The van der Waals surface area contributed by atoms with Gasteiger partial charge < -0.3 is 14.5 Å². The third-order valence-corrected chi connectivity index (χ3v) is 8.00. The quantitative estimate of drug-likeness (QED) is 0.732. The highest BCUT2D eigenvalue weighted by atomic mass is 32.2. The molecule has 0 aliphatic carbocycles. The molecule has 2 aliphatic rings. The van der Waals surface area contributed by atoms with Crippen molar-refractivity contribution in [1.29, 1.82) is 0 Å². The molecule has 0 radical (unpaired) electrons. The SMILES string of the molecule is Cc1ccc(S(=O)(=O)N2CCOCC2)cc1C(=O)N1CC[NH+](Cc2ccccc2)CC1. The molecule has 0 saturated carbocycles. The molecule has 2 aromatic carbocycles. The van der Waals surface area contributed by atoms with Crippen molar-refractivity contribution in [3.05, 3.63) is 65.2 Å². The molecule has 31 heavy (non-hydrogen) atoms. The zero-order valence-electron chi connectivity index (χ0n) is 17.9. The normalized spacial score (nSPS) is 18.8. The van der Waals surface area contributed by atoms with Crippen LogP contribution in [-0.4, -0.2) is 76.0 Å². The molecule has 0 bridgehead atoms. The predicted octanol–water partition coefficient (Wildman–Crippen LogP) is 0.557. The number of quaternary nitrogens is 1. The van der Waals surface area contributed by atoms with E-state index in [1.165, 1.54) is 14.8 Å². The van der Waals surface area contributed by atoms with E-state index in [2.05, 4.69) is 24.3 Å². The molecular formula is C23H30N3O4S+. The number of piperazine rings is 1. The predicted molar refractivity (Wildman–Crippen MR) is 118 cm³/mol. The maximum Gasteiger partial charge on any atom is 0.254 e. The van der Waals surface area contributed by atoms with Gasteiger partial charge in [-0.15, -0.1) is 0 Å². The van der Waals surface area contributed by atoms with Crippen molar-refractivity contribution >= 4 is 15.9 Å². The van der Waals surface area contributed by atoms with Gasteiger partial charge in [-0.25, -0.2) is 8.42 Å². The molecule has 7 nitrogen and oxygen atoms in total. The number of nitrogens with zero attached hydrogens (tertiary/aromatic N) is 2. The Balaban J connectivity index is 1.44. The molecule has 2 heterocycles. The van der Waals surface area contributed by atoms with Crippen LogP contribution in [0.4, 0.5) is 0 Å². The van der Waals surface area contributed by atoms with Crippen LogP contribution >= 0.6 is 0 Å². The van der Waals surface area contributed by atoms with Gasteiger partial charge in [0.25, 0.3) is 5.91 Å². The van der Waals surface area contributed by atoms with Gasteiger partial charge in [0.2, 0.25) is 10.0 Å². The van der Waals surface area contributed by atoms with Crippen LogP contribution in [-0.2, 0) is 21.3 Å². The van der Waals surface area contributed by atoms with Crippen molar-refractivity contribution < 1.29 is 22.8 Å². The van der Waals surface area contributed by atoms with Gasteiger partial charge in [-0.3, -0.25) is 4.79 Å². The summed E-state index contributed by atoms with van der Waals surface area (Å²) in [5.74, 6) is -0.0877. The summed E-state index contributed by atoms with van der Waals surface area (Å²) in [6.07, 6.45) is 0. The van der Waals surface area contributed by atoms with Crippen molar-refractivity contribution in [2.24, 2.45) is 0 Å². The minimum atomic E-state index is -3.63. The first kappa shape index (κ1) is 22.0. The maximum atomic E-state index is 13.2. The molecule has 4 rings (SSSR count). The third kappa shape index (κ3) is 4.98. The Kier molecular flexibility index (Phi) is 6.71. The van der Waals surface area contributed by atoms with Crippen LogP contribution < -0.4 is 4.90 Å². The van der Waals surface area contributed by atoms with Crippen LogP contribution in [0.1, 0.15) is 21.5 Å². The Morgan fingerprint density at radius 1 is 1.00 bits per heavy atom. The number of hydrogen-bond acceptors (Lipinski definition) is 4. The number of nitrogens with one attached hydrogen (secondary N) is 1. The first-order chi connectivity index (χ1) is 14.9. The highest BCUT2D eigenvalue weighted by molar-refractivity contribution is 7.89. The van der Waals surface area contributed by atoms with Gasteiger partial charge in [0.05, 0.1) is 44.3 Å². The summed E-state index contributed by atoms with van der Waals surface area (Å²) in [6.45, 7) is 7.37. The average Bonchev–Trinajstić information content (AvgIpc) is 2.80. The van der Waals surface area contributed by atoms with Gasteiger partial charge in [0.1, 0.15) is 6.54 Å². The second-order valence-electron chi connectivity index (χ2n) is 8.20. The topological polar surface area (TPSA) is 71.4 Å². The first-order valence-corrected chi connectivity index (χ1v) is 12.2. The van der Waals surface area contributed by atoms with Crippen LogP contribution in [0.2, 0.25) is 0 Å². The number of aryl methyl sites for hydroxylation is 1. The Morgan fingerprint density at radius 2 is 1.68 bits per heavy atom. The molecule has 1 N–H and O–H groups in total. The van der Waals surface area contributed by atoms with Gasteiger partial charge in [0, 0.05) is 24.2 Å². The molecule has 1 amide bonds. The summed E-state index contributed by atoms with van der Waals surface area (Å²) in [6, 6.07) is 15.3. The number of amides is 1. The van der Waals surface area contributed by atoms with Crippen molar-refractivity contribution in [2.45, 2.75) is 18.4 Å². The highest BCUT2D eigenvalue weighted by Gasteiger charge is 2.29. The molecule has 2 fully saturated rings. The van der Waals surface area contributed by atoms with Crippen molar-refractivity contribution in [1.82, 2.24) is 9.21 Å². The summed E-state index contributed by atoms with van der Waals surface area (Å²) in [4.78, 5) is 16.7. The fraction of sp³-hybridized carbons (Fsp3) is 0.435. The number of carbonyl (C=O) groups is 1. The van der Waals surface area contributed by atoms with E-state index in [1.54, 1.807) is 18.2 Å². The standard InChI is InChI=1S/C23H29N3O4S/c1-19-7-8-21(31(28,29)26-13-15-30-16-14-26)17-22(19)23(27)25-11-9-24(10-12-25)18-20-5-3-2-4-6-20/h2-8,17H,9-16,18H2,1H3/p+1. The Bertz CT molecular complexity index is 1010. The molecule has 0 aromatic heterocycles. The lowest BCUT2D eigenvalue weighted by Gasteiger charge is -2.32. The number of rotatable bonds is 5. The molecule has 8 heteroatoms. The minimum absolute atomic E-state index is 0.0877. The van der Waals surface area contributed by atoms with Gasteiger partial charge in [-0.1, -0.05) is 36.4 Å². The Labute approximate surface area is 184 Å². The van der Waals surface area contributed by atoms with Gasteiger partial charge in [-0.2, -0.15) is 4.31 Å². The summed E-state index contributed by atoms with van der Waals surface area (Å²) in [5, 5.41) is 0. The van der Waals surface area contributed by atoms with E-state index < -0.39 is 10.0 Å². The van der Waals surface area contributed by atoms with E-state index in [4.69, 9.17) is 4.74 Å². The molecule has 2 aliphatic heterocycles. The summed E-state index contributed by atoms with van der Waals surface area (Å²) >= 11 is 0. The smallest absolute Gasteiger partial charge is 0.254 e. The van der Waals surface area contributed by atoms with Crippen LogP contribution in [0.25, 0.3) is 0 Å². The van der Waals surface area contributed by atoms with Gasteiger partial charge in [0.15, 0.2) is 0 Å². The zero-order valence-corrected chi connectivity index (χ0v) is 18.7. The second kappa shape index (κ2) is 9.48. The van der Waals surface area contributed by atoms with Crippen LogP contribution in [0.15, 0.2) is 53.4 Å². The lowest BCUT2D eigenvalue weighted by molar-refractivity contribution is -0.917. The van der Waals surface area contributed by atoms with Crippen LogP contribution in [0, 0.1) is 6.92 Å². The summed E-state index contributed by atoms with van der Waals surface area (Å²) < 4.78 is 32.7. The molecule has 2 aromatic rings. The maximum absolute atomic E-state index is 13.2. The lowest BCUT2D eigenvalue weighted by atomic mass is 10.1. The fourth-order valence-corrected chi connectivity index (χ4v) is 5.62. The molecular weight excluding hydrogens is 414 g/mol. The van der Waals surface area contributed by atoms with Crippen molar-refractivity contribution in [3.63, 3.8) is 0 Å². The van der Waals surface area contributed by atoms with E-state index >= 15 is 0 Å². The molecule has 166 valence electrons. The molecule has 2 saturated heterocycles. The van der Waals surface area contributed by atoms with E-state index in [0.717, 1.165) is 25.2 Å². The number of benzene rings is 2. The second-order valence-corrected chi connectivity index (χ2v) is 10.1. The van der Waals surface area contributed by atoms with E-state index in [0.29, 0.717) is 45.0 Å². The van der Waals surface area contributed by atoms with Gasteiger partial charge >= 0.3 is 0 Å². The number of sulfonamides is 1. The first-order valence-electron chi connectivity index (χ1n) is 10.8. The molecule has 0 unspecified atom stereocenters. The van der Waals surface area contributed by atoms with Crippen LogP contribution in [0.3, 0.4) is 0 Å². The monoisotopic (exact) mass is 444 g/mol. The Morgan fingerprint density at radius 3 is 2.35 bits per heavy atom. The van der Waals surface area contributed by atoms with Crippen LogP contribution in [0.5, 0.6) is 0 Å². The Hall–Kier alpha value is -2.26. The van der Waals surface area contributed by atoms with Gasteiger partial charge in [-0.05, 0) is 24.6 Å². The van der Waals surface area contributed by atoms with E-state index in [9.17, 15) is 13.2 Å². The highest BCUT2D eigenvalue weighted by Crippen LogP contribution is 2.21. The fourth-order valence-electron chi connectivity index (χ4n) is 4.19. The summed E-state index contributed by atoms with van der Waals surface area (Å²) in [5.41, 5.74) is 2.57. The number of ether oxygens (including phenoxy) is 1. The minimum Gasteiger partial charge on any atom is -0.379 e. The van der Waals surface area contributed by atoms with E-state index in [1.807, 2.05) is 17.9 Å². The van der Waals surface area contributed by atoms with Crippen molar-refractivity contribution in [3.8, 4) is 0 Å². The molecule has 0 atom stereocenters.